The molecule has 0 heterocycles. The predicted molar refractivity (Wildman–Crippen MR) is 110 cm³/mol. The topological polar surface area (TPSA) is 63.7 Å². The molecule has 0 spiro atoms. The average molecular weight is 398 g/mol. The van der Waals surface area contributed by atoms with Crippen LogP contribution in [0.4, 0.5) is 0 Å². The Hall–Kier alpha value is -1.56. The zero-order valence-electron chi connectivity index (χ0n) is 17.8. The van der Waals surface area contributed by atoms with Crippen LogP contribution in [-0.4, -0.2) is 31.0 Å². The minimum atomic E-state index is -3.53. The second-order valence-electron chi connectivity index (χ2n) is 8.76. The van der Waals surface area contributed by atoms with Gasteiger partial charge in [-0.2, -0.15) is 8.42 Å². The summed E-state index contributed by atoms with van der Waals surface area (Å²) in [5, 5.41) is 0. The molecule has 0 aliphatic carbocycles. The van der Waals surface area contributed by atoms with Crippen LogP contribution in [0.25, 0.3) is 0 Å². The second-order valence-corrected chi connectivity index (χ2v) is 10.6. The first kappa shape index (κ1) is 23.5. The molecule has 154 valence electrons. The van der Waals surface area contributed by atoms with Crippen LogP contribution in [0.2, 0.25) is 0 Å². The minimum absolute atomic E-state index is 0.0723. The van der Waals surface area contributed by atoms with Crippen molar-refractivity contribution in [1.82, 2.24) is 4.90 Å². The first-order valence-corrected chi connectivity index (χ1v) is 11.2. The summed E-state index contributed by atoms with van der Waals surface area (Å²) in [6.07, 6.45) is 1.54. The molecular formula is C21H35NO4S. The fourth-order valence-electron chi connectivity index (χ4n) is 3.14. The Bertz CT molecular complexity index is 703. The van der Waals surface area contributed by atoms with Crippen LogP contribution in [0.5, 0.6) is 5.75 Å². The summed E-state index contributed by atoms with van der Waals surface area (Å²) in [6, 6.07) is 6.97. The summed E-state index contributed by atoms with van der Waals surface area (Å²) < 4.78 is 28.1. The molecule has 0 aliphatic rings. The number of nitrogens with zero attached hydrogens (tertiary/aromatic N) is 1. The predicted octanol–water partition coefficient (Wildman–Crippen LogP) is 4.61. The lowest BCUT2D eigenvalue weighted by Crippen LogP contribution is -2.37. The molecule has 0 aliphatic heterocycles. The third-order valence-corrected chi connectivity index (χ3v) is 5.43. The lowest BCUT2D eigenvalue weighted by molar-refractivity contribution is -0.134. The molecule has 0 saturated heterocycles. The fraction of sp³-hybridized carbons (Fsp3) is 0.667. The van der Waals surface area contributed by atoms with E-state index in [4.69, 9.17) is 4.18 Å². The molecule has 1 unspecified atom stereocenters. The fourth-order valence-corrected chi connectivity index (χ4v) is 3.67. The monoisotopic (exact) mass is 397 g/mol. The van der Waals surface area contributed by atoms with Crippen molar-refractivity contribution in [1.29, 1.82) is 0 Å². The molecule has 1 atom stereocenters. The number of amides is 1. The van der Waals surface area contributed by atoms with E-state index in [1.165, 1.54) is 6.92 Å². The van der Waals surface area contributed by atoms with Crippen molar-refractivity contribution in [2.45, 2.75) is 73.9 Å². The van der Waals surface area contributed by atoms with Gasteiger partial charge in [-0.05, 0) is 56.2 Å². The highest BCUT2D eigenvalue weighted by atomic mass is 32.2. The van der Waals surface area contributed by atoms with E-state index in [2.05, 4.69) is 27.7 Å². The van der Waals surface area contributed by atoms with Gasteiger partial charge in [0.2, 0.25) is 5.91 Å². The first-order chi connectivity index (χ1) is 12.3. The van der Waals surface area contributed by atoms with Crippen LogP contribution in [0, 0.1) is 11.3 Å². The van der Waals surface area contributed by atoms with Crippen LogP contribution in [0.1, 0.15) is 66.9 Å². The van der Waals surface area contributed by atoms with Crippen LogP contribution in [0.15, 0.2) is 24.3 Å². The maximum absolute atomic E-state index is 12.8. The van der Waals surface area contributed by atoms with Gasteiger partial charge in [-0.15, -0.1) is 0 Å². The molecule has 1 aromatic carbocycles. The van der Waals surface area contributed by atoms with E-state index in [1.807, 2.05) is 30.9 Å². The minimum Gasteiger partial charge on any atom is -0.382 e. The Morgan fingerprint density at radius 3 is 2.11 bits per heavy atom. The van der Waals surface area contributed by atoms with Crippen LogP contribution in [-0.2, 0) is 21.5 Å². The normalized spacial score (nSPS) is 13.5. The van der Waals surface area contributed by atoms with Gasteiger partial charge in [0, 0.05) is 19.0 Å². The van der Waals surface area contributed by atoms with Crippen molar-refractivity contribution in [2.24, 2.45) is 11.3 Å². The van der Waals surface area contributed by atoms with E-state index in [1.54, 1.807) is 12.1 Å². The molecule has 0 aromatic heterocycles. The molecular weight excluding hydrogens is 362 g/mol. The van der Waals surface area contributed by atoms with Gasteiger partial charge in [0.1, 0.15) is 5.75 Å². The SMILES string of the molecule is CCS(=O)(=O)Oc1ccc(CN(C(=O)CC(C)CC(C)(C)C)C(C)C)cc1. The third-order valence-electron chi connectivity index (χ3n) is 4.28. The van der Waals surface area contributed by atoms with Gasteiger partial charge < -0.3 is 9.08 Å². The highest BCUT2D eigenvalue weighted by molar-refractivity contribution is 7.87. The summed E-state index contributed by atoms with van der Waals surface area (Å²) >= 11 is 0. The molecule has 6 heteroatoms. The zero-order chi connectivity index (χ0) is 20.8. The third kappa shape index (κ3) is 8.78. The lowest BCUT2D eigenvalue weighted by atomic mass is 9.84. The van der Waals surface area contributed by atoms with Crippen LogP contribution in [0.3, 0.4) is 0 Å². The van der Waals surface area contributed by atoms with Crippen LogP contribution < -0.4 is 4.18 Å². The number of rotatable bonds is 9. The van der Waals surface area contributed by atoms with Crippen molar-refractivity contribution in [3.8, 4) is 5.75 Å². The molecule has 1 aromatic rings. The van der Waals surface area contributed by atoms with Gasteiger partial charge in [0.15, 0.2) is 0 Å². The van der Waals surface area contributed by atoms with Gasteiger partial charge >= 0.3 is 10.1 Å². The number of carbonyl (C=O) groups is 1. The summed E-state index contributed by atoms with van der Waals surface area (Å²) in [5.74, 6) is 0.697. The van der Waals surface area contributed by atoms with Crippen molar-refractivity contribution in [3.63, 3.8) is 0 Å². The molecule has 1 rings (SSSR count). The Balaban J connectivity index is 2.78. The summed E-state index contributed by atoms with van der Waals surface area (Å²) in [7, 11) is -3.53. The average Bonchev–Trinajstić information content (AvgIpc) is 2.51. The molecule has 0 fully saturated rings. The van der Waals surface area contributed by atoms with Gasteiger partial charge in [0.05, 0.1) is 5.75 Å². The number of benzene rings is 1. The number of hydrogen-bond donors (Lipinski definition) is 0. The number of hydrogen-bond acceptors (Lipinski definition) is 4. The van der Waals surface area contributed by atoms with Gasteiger partial charge in [0.25, 0.3) is 0 Å². The van der Waals surface area contributed by atoms with Gasteiger partial charge in [-0.3, -0.25) is 4.79 Å². The highest BCUT2D eigenvalue weighted by Gasteiger charge is 2.22. The van der Waals surface area contributed by atoms with E-state index in [-0.39, 0.29) is 23.1 Å². The van der Waals surface area contributed by atoms with E-state index in [0.717, 1.165) is 12.0 Å². The molecule has 0 N–H and O–H groups in total. The molecule has 1 amide bonds. The second kappa shape index (κ2) is 9.58. The molecule has 0 bridgehead atoms. The Morgan fingerprint density at radius 2 is 1.67 bits per heavy atom. The molecule has 0 saturated carbocycles. The summed E-state index contributed by atoms with van der Waals surface area (Å²) in [5.41, 5.74) is 1.15. The van der Waals surface area contributed by atoms with E-state index < -0.39 is 10.1 Å². The lowest BCUT2D eigenvalue weighted by Gasteiger charge is -2.30. The summed E-state index contributed by atoms with van der Waals surface area (Å²) in [6.45, 7) is 14.8. The van der Waals surface area contributed by atoms with E-state index in [9.17, 15) is 13.2 Å². The van der Waals surface area contributed by atoms with Crippen LogP contribution >= 0.6 is 0 Å². The van der Waals surface area contributed by atoms with Crippen molar-refractivity contribution in [2.75, 3.05) is 5.75 Å². The standard InChI is InChI=1S/C21H35NO4S/c1-8-27(24,25)26-19-11-9-18(10-12-19)15-22(16(2)3)20(23)13-17(4)14-21(5,6)7/h9-12,16-17H,8,13-15H2,1-7H3. The first-order valence-electron chi connectivity index (χ1n) is 9.63. The summed E-state index contributed by atoms with van der Waals surface area (Å²) in [4.78, 5) is 14.7. The van der Waals surface area contributed by atoms with Gasteiger partial charge in [-0.25, -0.2) is 0 Å². The Morgan fingerprint density at radius 1 is 1.11 bits per heavy atom. The van der Waals surface area contributed by atoms with Crippen molar-refractivity contribution < 1.29 is 17.4 Å². The maximum atomic E-state index is 12.8. The van der Waals surface area contributed by atoms with E-state index in [0.29, 0.717) is 24.6 Å². The van der Waals surface area contributed by atoms with Crippen molar-refractivity contribution >= 4 is 16.0 Å². The smallest absolute Gasteiger partial charge is 0.308 e. The molecule has 0 radical (unpaired) electrons. The Kier molecular flexibility index (Phi) is 8.33. The highest BCUT2D eigenvalue weighted by Crippen LogP contribution is 2.27. The Labute approximate surface area is 165 Å². The molecule has 5 nitrogen and oxygen atoms in total. The maximum Gasteiger partial charge on any atom is 0.308 e. The van der Waals surface area contributed by atoms with Crippen molar-refractivity contribution in [3.05, 3.63) is 29.8 Å². The quantitative estimate of drug-likeness (QED) is 0.571. The largest absolute Gasteiger partial charge is 0.382 e. The van der Waals surface area contributed by atoms with Gasteiger partial charge in [-0.1, -0.05) is 39.8 Å². The zero-order valence-corrected chi connectivity index (χ0v) is 18.6. The number of carbonyl (C=O) groups excluding carboxylic acids is 1. The molecule has 27 heavy (non-hydrogen) atoms. The van der Waals surface area contributed by atoms with E-state index >= 15 is 0 Å².